The summed E-state index contributed by atoms with van der Waals surface area (Å²) < 4.78 is 1.98. The van der Waals surface area contributed by atoms with Gasteiger partial charge in [0.05, 0.1) is 35.3 Å². The Kier molecular flexibility index (Phi) is 6.52. The van der Waals surface area contributed by atoms with Crippen molar-refractivity contribution in [1.29, 1.82) is 0 Å². The molecule has 0 saturated heterocycles. The van der Waals surface area contributed by atoms with Crippen molar-refractivity contribution in [3.63, 3.8) is 0 Å². The average Bonchev–Trinajstić information content (AvgIpc) is 3.23. The Labute approximate surface area is 191 Å². The van der Waals surface area contributed by atoms with Crippen LogP contribution in [-0.4, -0.2) is 21.2 Å². The minimum absolute atomic E-state index is 0.0899. The van der Waals surface area contributed by atoms with Gasteiger partial charge in [0.15, 0.2) is 0 Å². The predicted molar refractivity (Wildman–Crippen MR) is 124 cm³/mol. The third kappa shape index (κ3) is 4.98. The molecule has 0 fully saturated rings. The quantitative estimate of drug-likeness (QED) is 0.439. The van der Waals surface area contributed by atoms with E-state index in [9.17, 15) is 9.59 Å². The fourth-order valence-electron chi connectivity index (χ4n) is 3.55. The van der Waals surface area contributed by atoms with Crippen molar-refractivity contribution in [3.8, 4) is 0 Å². The van der Waals surface area contributed by atoms with Crippen molar-refractivity contribution in [2.75, 3.05) is 0 Å². The number of carbonyl (C=O) groups excluding carboxylic acids is 2. The molecule has 0 radical (unpaired) electrons. The average molecular weight is 447 g/mol. The molecule has 2 N–H and O–H groups in total. The highest BCUT2D eigenvalue weighted by atomic mass is 35.5. The highest BCUT2D eigenvalue weighted by molar-refractivity contribution is 6.33. The van der Waals surface area contributed by atoms with Gasteiger partial charge in [-0.25, -0.2) is 4.98 Å². The van der Waals surface area contributed by atoms with E-state index >= 15 is 0 Å². The normalized spacial score (nSPS) is 11.8. The number of aryl methyl sites for hydroxylation is 1. The van der Waals surface area contributed by atoms with Crippen LogP contribution in [0.25, 0.3) is 5.65 Å². The molecule has 4 aromatic rings. The largest absolute Gasteiger partial charge is 0.350 e. The maximum Gasteiger partial charge on any atom is 0.253 e. The van der Waals surface area contributed by atoms with E-state index in [1.54, 1.807) is 24.3 Å². The van der Waals surface area contributed by atoms with Crippen LogP contribution in [-0.2, 0) is 11.3 Å². The highest BCUT2D eigenvalue weighted by Gasteiger charge is 2.20. The van der Waals surface area contributed by atoms with E-state index in [1.807, 2.05) is 66.1 Å². The van der Waals surface area contributed by atoms with Gasteiger partial charge < -0.3 is 15.0 Å². The van der Waals surface area contributed by atoms with Crippen LogP contribution in [0.2, 0.25) is 5.02 Å². The van der Waals surface area contributed by atoms with Crippen LogP contribution in [0.4, 0.5) is 0 Å². The number of rotatable bonds is 7. The van der Waals surface area contributed by atoms with Gasteiger partial charge >= 0.3 is 0 Å². The lowest BCUT2D eigenvalue weighted by molar-refractivity contribution is -0.121. The van der Waals surface area contributed by atoms with E-state index in [2.05, 4.69) is 15.6 Å². The van der Waals surface area contributed by atoms with Gasteiger partial charge in [0.1, 0.15) is 5.65 Å². The summed E-state index contributed by atoms with van der Waals surface area (Å²) in [6.45, 7) is 2.31. The zero-order valence-corrected chi connectivity index (χ0v) is 18.3. The SMILES string of the molecule is Cc1cccc2nc(CNC(=O)CC(NC(=O)c3ccccc3Cl)c3ccccc3)cn12. The molecule has 2 aromatic carbocycles. The number of carbonyl (C=O) groups is 2. The van der Waals surface area contributed by atoms with Gasteiger partial charge in [-0.3, -0.25) is 9.59 Å². The van der Waals surface area contributed by atoms with E-state index in [-0.39, 0.29) is 18.2 Å². The second-order valence-corrected chi connectivity index (χ2v) is 7.93. The number of amides is 2. The maximum atomic E-state index is 12.8. The number of hydrogen-bond donors (Lipinski definition) is 2. The van der Waals surface area contributed by atoms with Gasteiger partial charge in [-0.1, -0.05) is 60.1 Å². The first-order valence-corrected chi connectivity index (χ1v) is 10.7. The number of fused-ring (bicyclic) bond motifs is 1. The number of halogens is 1. The summed E-state index contributed by atoms with van der Waals surface area (Å²) in [5, 5.41) is 6.22. The Morgan fingerprint density at radius 3 is 2.50 bits per heavy atom. The summed E-state index contributed by atoms with van der Waals surface area (Å²) in [4.78, 5) is 30.1. The summed E-state index contributed by atoms with van der Waals surface area (Å²) in [7, 11) is 0. The van der Waals surface area contributed by atoms with E-state index < -0.39 is 6.04 Å². The van der Waals surface area contributed by atoms with Crippen LogP contribution in [0.15, 0.2) is 79.0 Å². The minimum atomic E-state index is -0.497. The second kappa shape index (κ2) is 9.66. The first kappa shape index (κ1) is 21.6. The van der Waals surface area contributed by atoms with E-state index in [4.69, 9.17) is 11.6 Å². The predicted octanol–water partition coefficient (Wildman–Crippen LogP) is 4.47. The van der Waals surface area contributed by atoms with E-state index in [0.29, 0.717) is 17.1 Å². The molecule has 0 aliphatic carbocycles. The summed E-state index contributed by atoms with van der Waals surface area (Å²) in [6.07, 6.45) is 2.01. The van der Waals surface area contributed by atoms with Crippen molar-refractivity contribution in [3.05, 3.63) is 107 Å². The Morgan fingerprint density at radius 1 is 1.00 bits per heavy atom. The molecule has 0 aliphatic heterocycles. The molecule has 0 aliphatic rings. The minimum Gasteiger partial charge on any atom is -0.350 e. The van der Waals surface area contributed by atoms with Crippen LogP contribution in [0.1, 0.15) is 39.8 Å². The van der Waals surface area contributed by atoms with Crippen molar-refractivity contribution < 1.29 is 9.59 Å². The number of benzene rings is 2. The maximum absolute atomic E-state index is 12.8. The van der Waals surface area contributed by atoms with Crippen molar-refractivity contribution in [2.24, 2.45) is 0 Å². The summed E-state index contributed by atoms with van der Waals surface area (Å²) in [6, 6.07) is 21.6. The van der Waals surface area contributed by atoms with Gasteiger partial charge in [-0.05, 0) is 36.8 Å². The molecule has 0 spiro atoms. The van der Waals surface area contributed by atoms with Gasteiger partial charge in [0, 0.05) is 11.9 Å². The first-order valence-electron chi connectivity index (χ1n) is 10.3. The van der Waals surface area contributed by atoms with Crippen LogP contribution < -0.4 is 10.6 Å². The summed E-state index contributed by atoms with van der Waals surface area (Å²) >= 11 is 6.17. The summed E-state index contributed by atoms with van der Waals surface area (Å²) in [5.41, 5.74) is 3.88. The van der Waals surface area contributed by atoms with Gasteiger partial charge in [0.25, 0.3) is 5.91 Å². The van der Waals surface area contributed by atoms with Crippen LogP contribution in [0.5, 0.6) is 0 Å². The highest BCUT2D eigenvalue weighted by Crippen LogP contribution is 2.20. The topological polar surface area (TPSA) is 75.5 Å². The number of aromatic nitrogens is 2. The van der Waals surface area contributed by atoms with Crippen LogP contribution >= 0.6 is 11.6 Å². The number of pyridine rings is 1. The summed E-state index contributed by atoms with van der Waals surface area (Å²) in [5.74, 6) is -0.514. The van der Waals surface area contributed by atoms with Crippen LogP contribution in [0.3, 0.4) is 0 Å². The Bertz CT molecular complexity index is 1250. The first-order chi connectivity index (χ1) is 15.5. The fourth-order valence-corrected chi connectivity index (χ4v) is 3.77. The standard InChI is InChI=1S/C25H23ClN4O2/c1-17-8-7-13-23-28-19(16-30(17)23)15-27-24(31)14-22(18-9-3-2-4-10-18)29-25(32)20-11-5-6-12-21(20)26/h2-13,16,22H,14-15H2,1H3,(H,27,31)(H,29,32). The van der Waals surface area contributed by atoms with E-state index in [1.165, 1.54) is 0 Å². The monoisotopic (exact) mass is 446 g/mol. The second-order valence-electron chi connectivity index (χ2n) is 7.53. The molecular weight excluding hydrogens is 424 g/mol. The molecule has 1 unspecified atom stereocenters. The molecule has 2 amide bonds. The molecule has 0 bridgehead atoms. The molecule has 32 heavy (non-hydrogen) atoms. The third-order valence-corrected chi connectivity index (χ3v) is 5.56. The van der Waals surface area contributed by atoms with Gasteiger partial charge in [-0.2, -0.15) is 0 Å². The van der Waals surface area contributed by atoms with Crippen molar-refractivity contribution in [1.82, 2.24) is 20.0 Å². The van der Waals surface area contributed by atoms with Gasteiger partial charge in [0.2, 0.25) is 5.91 Å². The Hall–Kier alpha value is -3.64. The molecule has 0 saturated carbocycles. The number of nitrogens with one attached hydrogen (secondary N) is 2. The van der Waals surface area contributed by atoms with Crippen molar-refractivity contribution in [2.45, 2.75) is 25.9 Å². The van der Waals surface area contributed by atoms with E-state index in [0.717, 1.165) is 22.6 Å². The molecule has 6 nitrogen and oxygen atoms in total. The molecule has 2 heterocycles. The van der Waals surface area contributed by atoms with Crippen LogP contribution in [0, 0.1) is 6.92 Å². The molecule has 7 heteroatoms. The molecule has 1 atom stereocenters. The molecule has 2 aromatic heterocycles. The number of nitrogens with zero attached hydrogens (tertiary/aromatic N) is 2. The third-order valence-electron chi connectivity index (χ3n) is 5.23. The molecule has 4 rings (SSSR count). The van der Waals surface area contributed by atoms with Gasteiger partial charge in [-0.15, -0.1) is 0 Å². The lowest BCUT2D eigenvalue weighted by Crippen LogP contribution is -2.33. The molecule has 162 valence electrons. The number of hydrogen-bond acceptors (Lipinski definition) is 3. The lowest BCUT2D eigenvalue weighted by Gasteiger charge is -2.19. The molecular formula is C25H23ClN4O2. The number of imidazole rings is 1. The zero-order chi connectivity index (χ0) is 22.5. The van der Waals surface area contributed by atoms with Crippen molar-refractivity contribution >= 4 is 29.1 Å². The Morgan fingerprint density at radius 2 is 1.75 bits per heavy atom. The zero-order valence-electron chi connectivity index (χ0n) is 17.6. The lowest BCUT2D eigenvalue weighted by atomic mass is 10.0. The Balaban J connectivity index is 1.45. The fraction of sp³-hybridized carbons (Fsp3) is 0.160. The smallest absolute Gasteiger partial charge is 0.253 e.